The molecule has 0 saturated carbocycles. The van der Waals surface area contributed by atoms with Gasteiger partial charge < -0.3 is 4.42 Å². The first-order chi connectivity index (χ1) is 14.2. The molecule has 0 unspecified atom stereocenters. The van der Waals surface area contributed by atoms with E-state index in [4.69, 9.17) is 4.42 Å². The number of nitrogens with zero attached hydrogens (tertiary/aromatic N) is 1. The quantitative estimate of drug-likeness (QED) is 0.243. The molecule has 0 saturated heterocycles. The van der Waals surface area contributed by atoms with Crippen LogP contribution < -0.4 is 9.75 Å². The van der Waals surface area contributed by atoms with Crippen LogP contribution in [-0.2, 0) is 7.05 Å². The molecule has 0 N–H and O–H groups in total. The molecule has 3 heteroatoms. The summed E-state index contributed by atoms with van der Waals surface area (Å²) in [5.41, 5.74) is 8.28. The lowest BCUT2D eigenvalue weighted by Crippen LogP contribution is -2.43. The van der Waals surface area contributed by atoms with E-state index in [0.717, 1.165) is 11.2 Å². The molecule has 2 nitrogen and oxygen atoms in total. The molecule has 0 aliphatic heterocycles. The molecular formula is C27H28NOSi+. The minimum Gasteiger partial charge on any atom is -0.456 e. The van der Waals surface area contributed by atoms with Crippen LogP contribution in [0.25, 0.3) is 44.1 Å². The Kier molecular flexibility index (Phi) is 4.16. The third-order valence-electron chi connectivity index (χ3n) is 6.25. The molecule has 0 spiro atoms. The summed E-state index contributed by atoms with van der Waals surface area (Å²) in [6, 6.07) is 22.1. The first-order valence-corrected chi connectivity index (χ1v) is 14.1. The van der Waals surface area contributed by atoms with Gasteiger partial charge in [-0.05, 0) is 48.9 Å². The Bertz CT molecular complexity index is 1450. The second-order valence-corrected chi connectivity index (χ2v) is 14.6. The van der Waals surface area contributed by atoms with E-state index in [0.29, 0.717) is 0 Å². The van der Waals surface area contributed by atoms with Crippen molar-refractivity contribution in [3.63, 3.8) is 0 Å². The fourth-order valence-electron chi connectivity index (χ4n) is 4.63. The number of hydrogen-bond donors (Lipinski definition) is 0. The Hall–Kier alpha value is -2.91. The second kappa shape index (κ2) is 6.54. The molecule has 5 aromatic rings. The van der Waals surface area contributed by atoms with Gasteiger partial charge in [0.25, 0.3) is 0 Å². The van der Waals surface area contributed by atoms with Crippen molar-refractivity contribution in [2.24, 2.45) is 7.05 Å². The number of benzene rings is 3. The third-order valence-corrected chi connectivity index (χ3v) is 8.28. The lowest BCUT2D eigenvalue weighted by atomic mass is 10.00. The third kappa shape index (κ3) is 2.88. The van der Waals surface area contributed by atoms with Crippen molar-refractivity contribution in [3.8, 4) is 11.3 Å². The van der Waals surface area contributed by atoms with Crippen LogP contribution in [0.1, 0.15) is 11.1 Å². The molecule has 0 atom stereocenters. The topological polar surface area (TPSA) is 17.0 Å². The minimum absolute atomic E-state index is 0.949. The van der Waals surface area contributed by atoms with Crippen LogP contribution in [0, 0.1) is 13.8 Å². The van der Waals surface area contributed by atoms with Gasteiger partial charge in [-0.2, -0.15) is 4.57 Å². The first kappa shape index (κ1) is 19.1. The van der Waals surface area contributed by atoms with Crippen molar-refractivity contribution in [2.45, 2.75) is 33.5 Å². The van der Waals surface area contributed by atoms with Gasteiger partial charge in [0.2, 0.25) is 11.2 Å². The fourth-order valence-corrected chi connectivity index (χ4v) is 6.21. The normalized spacial score (nSPS) is 12.3. The molecule has 5 rings (SSSR count). The monoisotopic (exact) mass is 410 g/mol. The van der Waals surface area contributed by atoms with Crippen LogP contribution in [0.4, 0.5) is 0 Å². The fraction of sp³-hybridized carbons (Fsp3) is 0.222. The molecule has 0 fully saturated rings. The van der Waals surface area contributed by atoms with E-state index in [-0.39, 0.29) is 0 Å². The standard InChI is InChI=1S/C27H28NOSi/c1-17-11-12-23-22(13-17)27(30(4,5)6)16-24(28(23)3)20-15-26-21(14-18(20)2)19-9-7-8-10-25(19)29-26/h7-16H,1-6H3/q+1. The average molecular weight is 411 g/mol. The predicted molar refractivity (Wildman–Crippen MR) is 130 cm³/mol. The second-order valence-electron chi connectivity index (χ2n) is 9.53. The van der Waals surface area contributed by atoms with E-state index in [2.05, 4.69) is 93.6 Å². The molecule has 0 radical (unpaired) electrons. The summed E-state index contributed by atoms with van der Waals surface area (Å²) in [5, 5.41) is 5.28. The molecule has 0 amide bonds. The van der Waals surface area contributed by atoms with Crippen molar-refractivity contribution in [3.05, 3.63) is 71.8 Å². The Morgan fingerprint density at radius 2 is 1.53 bits per heavy atom. The molecule has 30 heavy (non-hydrogen) atoms. The molecule has 150 valence electrons. The highest BCUT2D eigenvalue weighted by atomic mass is 28.3. The molecule has 2 heterocycles. The van der Waals surface area contributed by atoms with Crippen LogP contribution in [0.15, 0.2) is 65.1 Å². The van der Waals surface area contributed by atoms with Crippen LogP contribution in [0.5, 0.6) is 0 Å². The van der Waals surface area contributed by atoms with Gasteiger partial charge in [0.1, 0.15) is 18.2 Å². The Morgan fingerprint density at radius 3 is 2.30 bits per heavy atom. The van der Waals surface area contributed by atoms with Crippen molar-refractivity contribution in [1.82, 2.24) is 0 Å². The van der Waals surface area contributed by atoms with Crippen molar-refractivity contribution in [2.75, 3.05) is 0 Å². The first-order valence-electron chi connectivity index (χ1n) is 10.6. The summed E-state index contributed by atoms with van der Waals surface area (Å²) in [6.45, 7) is 11.7. The Balaban J connectivity index is 1.86. The van der Waals surface area contributed by atoms with Gasteiger partial charge in [-0.3, -0.25) is 0 Å². The van der Waals surface area contributed by atoms with Crippen LogP contribution in [0.2, 0.25) is 19.6 Å². The number of rotatable bonds is 2. The number of aryl methyl sites for hydroxylation is 3. The highest BCUT2D eigenvalue weighted by Gasteiger charge is 2.27. The molecule has 2 aromatic heterocycles. The van der Waals surface area contributed by atoms with Gasteiger partial charge in [0.05, 0.1) is 13.6 Å². The maximum atomic E-state index is 6.21. The van der Waals surface area contributed by atoms with Crippen molar-refractivity contribution in [1.29, 1.82) is 0 Å². The minimum atomic E-state index is -1.54. The van der Waals surface area contributed by atoms with Gasteiger partial charge in [0.15, 0.2) is 0 Å². The summed E-state index contributed by atoms with van der Waals surface area (Å²) in [6.07, 6.45) is 0. The molecule has 0 bridgehead atoms. The SMILES string of the molecule is Cc1ccc2c(c1)c([Si](C)(C)C)cc(-c1cc3oc4ccccc4c3cc1C)[n+]2C. The van der Waals surface area contributed by atoms with Crippen LogP contribution >= 0.6 is 0 Å². The highest BCUT2D eigenvalue weighted by molar-refractivity contribution is 6.90. The van der Waals surface area contributed by atoms with E-state index in [1.165, 1.54) is 49.2 Å². The summed E-state index contributed by atoms with van der Waals surface area (Å²) in [5.74, 6) is 0. The van der Waals surface area contributed by atoms with Crippen molar-refractivity contribution >= 4 is 46.1 Å². The summed E-state index contributed by atoms with van der Waals surface area (Å²) in [4.78, 5) is 0. The van der Waals surface area contributed by atoms with Crippen molar-refractivity contribution < 1.29 is 8.98 Å². The van der Waals surface area contributed by atoms with Crippen LogP contribution in [-0.4, -0.2) is 8.07 Å². The highest BCUT2D eigenvalue weighted by Crippen LogP contribution is 2.34. The number of fused-ring (bicyclic) bond motifs is 4. The molecule has 0 aliphatic rings. The van der Waals surface area contributed by atoms with E-state index in [1.807, 2.05) is 12.1 Å². The lowest BCUT2D eigenvalue weighted by Gasteiger charge is -2.20. The van der Waals surface area contributed by atoms with Gasteiger partial charge in [0, 0.05) is 28.3 Å². The van der Waals surface area contributed by atoms with E-state index >= 15 is 0 Å². The van der Waals surface area contributed by atoms with Gasteiger partial charge in [-0.1, -0.05) is 49.5 Å². The Morgan fingerprint density at radius 1 is 0.767 bits per heavy atom. The Labute approximate surface area is 178 Å². The lowest BCUT2D eigenvalue weighted by molar-refractivity contribution is -0.633. The van der Waals surface area contributed by atoms with E-state index in [9.17, 15) is 0 Å². The predicted octanol–water partition coefficient (Wildman–Crippen LogP) is 6.39. The maximum Gasteiger partial charge on any atom is 0.213 e. The number of furan rings is 1. The molecular weight excluding hydrogens is 382 g/mol. The number of pyridine rings is 1. The zero-order valence-electron chi connectivity index (χ0n) is 18.6. The van der Waals surface area contributed by atoms with Gasteiger partial charge in [-0.15, -0.1) is 0 Å². The van der Waals surface area contributed by atoms with Gasteiger partial charge >= 0.3 is 0 Å². The average Bonchev–Trinajstić information content (AvgIpc) is 3.04. The number of hydrogen-bond acceptors (Lipinski definition) is 1. The summed E-state index contributed by atoms with van der Waals surface area (Å²) >= 11 is 0. The van der Waals surface area contributed by atoms with Crippen LogP contribution in [0.3, 0.4) is 0 Å². The zero-order valence-corrected chi connectivity index (χ0v) is 19.6. The van der Waals surface area contributed by atoms with E-state index in [1.54, 1.807) is 0 Å². The zero-order chi connectivity index (χ0) is 21.2. The summed E-state index contributed by atoms with van der Waals surface area (Å²) in [7, 11) is 0.642. The largest absolute Gasteiger partial charge is 0.456 e. The van der Waals surface area contributed by atoms with E-state index < -0.39 is 8.07 Å². The number of aromatic nitrogens is 1. The number of para-hydroxylation sites is 1. The maximum absolute atomic E-state index is 6.21. The smallest absolute Gasteiger partial charge is 0.213 e. The molecule has 3 aromatic carbocycles. The summed E-state index contributed by atoms with van der Waals surface area (Å²) < 4.78 is 8.55. The molecule has 0 aliphatic carbocycles. The van der Waals surface area contributed by atoms with Gasteiger partial charge in [-0.25, -0.2) is 0 Å².